The van der Waals surface area contributed by atoms with Gasteiger partial charge in [0.05, 0.1) is 13.1 Å². The molecule has 0 aliphatic carbocycles. The van der Waals surface area contributed by atoms with E-state index in [9.17, 15) is 24.6 Å². The van der Waals surface area contributed by atoms with Crippen LogP contribution in [0.5, 0.6) is 0 Å². The maximum atomic E-state index is 9.88. The Morgan fingerprint density at radius 2 is 0.846 bits per heavy atom. The first kappa shape index (κ1) is 15.2. The van der Waals surface area contributed by atoms with Crippen molar-refractivity contribution < 1.29 is 36.1 Å². The minimum atomic E-state index is -10.8. The van der Waals surface area contributed by atoms with Crippen LogP contribution in [0.15, 0.2) is 0 Å². The van der Waals surface area contributed by atoms with Crippen LogP contribution in [0.1, 0.15) is 12.8 Å². The van der Waals surface area contributed by atoms with E-state index in [1.54, 1.807) is 0 Å². The normalized spacial score (nSPS) is 16.6. The standard InChI is InChI=1S/C4H12N2.F6Si/c5-3-1-2-4-6;1-7(2,3,4,5)6/h1-6H2;/q;-2/p+2. The third kappa shape index (κ3) is 150. The topological polar surface area (TPSA) is 55.3 Å². The van der Waals surface area contributed by atoms with Crippen LogP contribution >= 0.6 is 0 Å². The fourth-order valence-electron chi connectivity index (χ4n) is 0.354. The Kier molecular flexibility index (Phi) is 4.49. The molecular weight excluding hydrogens is 218 g/mol. The zero-order chi connectivity index (χ0) is 11.2. The van der Waals surface area contributed by atoms with Gasteiger partial charge in [0.15, 0.2) is 0 Å². The molecule has 13 heavy (non-hydrogen) atoms. The van der Waals surface area contributed by atoms with Gasteiger partial charge in [0.25, 0.3) is 0 Å². The molecule has 0 aromatic rings. The van der Waals surface area contributed by atoms with E-state index in [4.69, 9.17) is 0 Å². The summed E-state index contributed by atoms with van der Waals surface area (Å²) in [5, 5.41) is 0. The minimum absolute atomic E-state index is 1.06. The predicted octanol–water partition coefficient (Wildman–Crippen LogP) is 0.391. The molecule has 0 rings (SSSR count). The summed E-state index contributed by atoms with van der Waals surface area (Å²) < 4.78 is 59.3. The number of rotatable bonds is 3. The van der Waals surface area contributed by atoms with Crippen LogP contribution in [0, 0.1) is 0 Å². The van der Waals surface area contributed by atoms with Crippen molar-refractivity contribution in [2.24, 2.45) is 0 Å². The average Bonchev–Trinajstić information content (AvgIpc) is 1.76. The van der Waals surface area contributed by atoms with E-state index in [1.165, 1.54) is 12.8 Å². The molecule has 0 aromatic carbocycles. The second-order valence-electron chi connectivity index (χ2n) is 2.49. The van der Waals surface area contributed by atoms with Crippen LogP contribution in [0.2, 0.25) is 0 Å². The summed E-state index contributed by atoms with van der Waals surface area (Å²) in [5.41, 5.74) is 7.39. The second kappa shape index (κ2) is 3.84. The van der Waals surface area contributed by atoms with Crippen molar-refractivity contribution in [2.75, 3.05) is 13.1 Å². The smallest absolute Gasteiger partial charge is 0.0742 e. The van der Waals surface area contributed by atoms with Crippen LogP contribution in [-0.2, 0) is 0 Å². The van der Waals surface area contributed by atoms with Gasteiger partial charge in [-0.05, 0) is 0 Å². The van der Waals surface area contributed by atoms with E-state index < -0.39 is 8.63 Å². The number of unbranched alkanes of at least 4 members (excludes halogenated alkanes) is 1. The SMILES string of the molecule is F[Si-2](F)(F)(F)(F)F.[NH3+]CCCC[NH3+]. The summed E-state index contributed by atoms with van der Waals surface area (Å²) in [6, 6.07) is 0. The van der Waals surface area contributed by atoms with E-state index in [-0.39, 0.29) is 0 Å². The first-order valence-corrected chi connectivity index (χ1v) is 5.90. The Morgan fingerprint density at radius 3 is 0.923 bits per heavy atom. The molecule has 2 nitrogen and oxygen atoms in total. The van der Waals surface area contributed by atoms with Gasteiger partial charge in [0.1, 0.15) is 0 Å². The minimum Gasteiger partial charge on any atom is -0.358 e. The van der Waals surface area contributed by atoms with Crippen LogP contribution in [0.25, 0.3) is 0 Å². The molecule has 0 amide bonds. The van der Waals surface area contributed by atoms with Crippen molar-refractivity contribution in [1.29, 1.82) is 0 Å². The predicted molar refractivity (Wildman–Crippen MR) is 37.1 cm³/mol. The molecular formula is C4H14F6N2Si. The van der Waals surface area contributed by atoms with Gasteiger partial charge in [-0.3, -0.25) is 0 Å². The molecule has 0 bridgehead atoms. The molecule has 0 spiro atoms. The maximum absolute atomic E-state index is 10.8. The molecule has 86 valence electrons. The van der Waals surface area contributed by atoms with Crippen LogP contribution < -0.4 is 11.5 Å². The Labute approximate surface area is 71.7 Å². The van der Waals surface area contributed by atoms with Gasteiger partial charge >= 0.3 is 33.3 Å². The number of hydrogen-bond acceptors (Lipinski definition) is 0. The summed E-state index contributed by atoms with van der Waals surface area (Å²) >= 11 is 0. The zero-order valence-corrected chi connectivity index (χ0v) is 8.01. The first-order valence-electron chi connectivity index (χ1n) is 3.63. The Morgan fingerprint density at radius 1 is 0.692 bits per heavy atom. The third-order valence-electron chi connectivity index (χ3n) is 0.750. The molecule has 6 N–H and O–H groups in total. The zero-order valence-electron chi connectivity index (χ0n) is 7.01. The van der Waals surface area contributed by atoms with Crippen LogP contribution in [0.3, 0.4) is 0 Å². The fraction of sp³-hybridized carbons (Fsp3) is 1.00. The number of halogens is 6. The van der Waals surface area contributed by atoms with Gasteiger partial charge in [-0.25, -0.2) is 0 Å². The van der Waals surface area contributed by atoms with Crippen molar-refractivity contribution in [1.82, 2.24) is 0 Å². The molecule has 0 saturated heterocycles. The van der Waals surface area contributed by atoms with E-state index in [2.05, 4.69) is 11.5 Å². The van der Waals surface area contributed by atoms with Crippen molar-refractivity contribution in [3.8, 4) is 0 Å². The molecule has 9 heteroatoms. The van der Waals surface area contributed by atoms with Gasteiger partial charge < -0.3 is 11.5 Å². The molecule has 0 saturated carbocycles. The van der Waals surface area contributed by atoms with E-state index >= 15 is 0 Å². The quantitative estimate of drug-likeness (QED) is 0.306. The van der Waals surface area contributed by atoms with Gasteiger partial charge in [-0.15, -0.1) is 0 Å². The van der Waals surface area contributed by atoms with Gasteiger partial charge in [0, 0.05) is 12.8 Å². The monoisotopic (exact) mass is 232 g/mol. The van der Waals surface area contributed by atoms with Crippen LogP contribution in [-0.4, -0.2) is 21.7 Å². The Balaban J connectivity index is 0. The van der Waals surface area contributed by atoms with Crippen molar-refractivity contribution in [3.63, 3.8) is 0 Å². The molecule has 0 radical (unpaired) electrons. The van der Waals surface area contributed by atoms with Crippen molar-refractivity contribution in [2.45, 2.75) is 12.8 Å². The van der Waals surface area contributed by atoms with Gasteiger partial charge in [-0.1, -0.05) is 0 Å². The number of hydrogen-bond donors (Lipinski definition) is 2. The van der Waals surface area contributed by atoms with Crippen LogP contribution in [0.4, 0.5) is 24.6 Å². The first-order chi connectivity index (χ1) is 5.36. The van der Waals surface area contributed by atoms with Gasteiger partial charge in [0.2, 0.25) is 0 Å². The van der Waals surface area contributed by atoms with E-state index in [0.29, 0.717) is 0 Å². The molecule has 0 atom stereocenters. The maximum Gasteiger partial charge on any atom is 0.0742 e. The molecule has 0 aliphatic rings. The summed E-state index contributed by atoms with van der Waals surface area (Å²) in [5.74, 6) is 0. The molecule has 0 aromatic heterocycles. The Hall–Kier alpha value is -0.283. The third-order valence-corrected chi connectivity index (χ3v) is 0.750. The van der Waals surface area contributed by atoms with Crippen molar-refractivity contribution in [3.05, 3.63) is 0 Å². The molecule has 0 aliphatic heterocycles. The molecule has 0 fully saturated rings. The summed E-state index contributed by atoms with van der Waals surface area (Å²) in [6.07, 6.45) is 2.48. The van der Waals surface area contributed by atoms with E-state index in [0.717, 1.165) is 13.1 Å². The average molecular weight is 232 g/mol. The summed E-state index contributed by atoms with van der Waals surface area (Å²) in [7, 11) is -10.8. The second-order valence-corrected chi connectivity index (χ2v) is 4.63. The van der Waals surface area contributed by atoms with E-state index in [1.807, 2.05) is 0 Å². The largest absolute Gasteiger partial charge is 0.358 e. The molecule has 0 unspecified atom stereocenters. The fourth-order valence-corrected chi connectivity index (χ4v) is 0.354. The summed E-state index contributed by atoms with van der Waals surface area (Å²) in [4.78, 5) is 0. The van der Waals surface area contributed by atoms with Gasteiger partial charge in [-0.2, -0.15) is 0 Å². The number of quaternary nitrogens is 2. The van der Waals surface area contributed by atoms with Crippen molar-refractivity contribution >= 4 is 8.63 Å². The molecule has 0 heterocycles. The Bertz CT molecular complexity index is 121. The summed E-state index contributed by atoms with van der Waals surface area (Å²) in [6.45, 7) is 2.13.